The third-order valence-corrected chi connectivity index (χ3v) is 7.56. The number of anilines is 2. The van der Waals surface area contributed by atoms with Crippen molar-refractivity contribution in [3.63, 3.8) is 0 Å². The Kier molecular flexibility index (Phi) is 9.95. The van der Waals surface area contributed by atoms with Gasteiger partial charge in [0.1, 0.15) is 17.1 Å². The van der Waals surface area contributed by atoms with E-state index in [2.05, 4.69) is 15.6 Å². The van der Waals surface area contributed by atoms with Crippen molar-refractivity contribution in [3.05, 3.63) is 53.4 Å². The van der Waals surface area contributed by atoms with Crippen molar-refractivity contribution in [2.45, 2.75) is 39.5 Å². The van der Waals surface area contributed by atoms with Crippen LogP contribution >= 0.6 is 0 Å². The Bertz CT molecular complexity index is 1440. The van der Waals surface area contributed by atoms with Crippen LogP contribution < -0.4 is 10.6 Å². The molecule has 0 spiro atoms. The number of aromatic nitrogens is 1. The number of pyridine rings is 1. The van der Waals surface area contributed by atoms with Crippen molar-refractivity contribution in [1.29, 1.82) is 0 Å². The van der Waals surface area contributed by atoms with Crippen LogP contribution in [0.15, 0.2) is 40.9 Å². The van der Waals surface area contributed by atoms with Gasteiger partial charge in [-0.1, -0.05) is 12.1 Å². The molecule has 1 fully saturated rings. The maximum atomic E-state index is 13.6. The molecule has 224 valence electrons. The molecule has 2 N–H and O–H groups in total. The van der Waals surface area contributed by atoms with Gasteiger partial charge < -0.3 is 29.6 Å². The summed E-state index contributed by atoms with van der Waals surface area (Å²) in [6, 6.07) is 8.46. The van der Waals surface area contributed by atoms with E-state index in [1.165, 1.54) is 4.90 Å². The molecule has 2 aromatic heterocycles. The summed E-state index contributed by atoms with van der Waals surface area (Å²) < 4.78 is 11.4. The van der Waals surface area contributed by atoms with E-state index in [1.54, 1.807) is 56.5 Å². The van der Waals surface area contributed by atoms with Crippen LogP contribution in [0.2, 0.25) is 0 Å². The van der Waals surface area contributed by atoms with E-state index in [-0.39, 0.29) is 46.6 Å². The number of nitrogens with zero attached hydrogens (tertiary/aromatic N) is 3. The highest BCUT2D eigenvalue weighted by Gasteiger charge is 2.33. The van der Waals surface area contributed by atoms with Crippen LogP contribution in [-0.2, 0) is 14.3 Å². The summed E-state index contributed by atoms with van der Waals surface area (Å²) >= 11 is 0. The van der Waals surface area contributed by atoms with E-state index in [9.17, 15) is 19.2 Å². The number of carbonyl (C=O) groups excluding carboxylic acids is 4. The molecule has 4 rings (SSSR count). The van der Waals surface area contributed by atoms with Crippen molar-refractivity contribution in [2.24, 2.45) is 11.8 Å². The van der Waals surface area contributed by atoms with Gasteiger partial charge in [0.05, 0.1) is 17.6 Å². The smallest absolute Gasteiger partial charge is 0.294 e. The highest BCUT2D eigenvalue weighted by atomic mass is 16.5. The molecule has 11 heteroatoms. The van der Waals surface area contributed by atoms with Crippen LogP contribution in [0.5, 0.6) is 0 Å². The molecule has 1 aliphatic carbocycles. The fourth-order valence-corrected chi connectivity index (χ4v) is 5.17. The lowest BCUT2D eigenvalue weighted by molar-refractivity contribution is -0.135. The number of nitrogens with one attached hydrogen (secondary N) is 2. The Morgan fingerprint density at radius 2 is 1.71 bits per heavy atom. The van der Waals surface area contributed by atoms with E-state index in [1.807, 2.05) is 19.9 Å². The minimum Gasteiger partial charge on any atom is -0.449 e. The largest absolute Gasteiger partial charge is 0.449 e. The lowest BCUT2D eigenvalue weighted by atomic mass is 9.81. The number of rotatable bonds is 10. The van der Waals surface area contributed by atoms with Crippen LogP contribution in [-0.4, -0.2) is 79.3 Å². The molecule has 1 aromatic carbocycles. The van der Waals surface area contributed by atoms with Gasteiger partial charge in [-0.15, -0.1) is 0 Å². The van der Waals surface area contributed by atoms with Crippen LogP contribution in [0.1, 0.15) is 59.1 Å². The summed E-state index contributed by atoms with van der Waals surface area (Å²) in [5, 5.41) is 6.00. The van der Waals surface area contributed by atoms with E-state index in [0.29, 0.717) is 62.2 Å². The van der Waals surface area contributed by atoms with Gasteiger partial charge in [-0.25, -0.2) is 4.98 Å². The summed E-state index contributed by atoms with van der Waals surface area (Å²) in [7, 11) is 5.14. The Labute approximate surface area is 245 Å². The van der Waals surface area contributed by atoms with E-state index >= 15 is 0 Å². The fraction of sp³-hybridized carbons (Fsp3) is 0.452. The summed E-state index contributed by atoms with van der Waals surface area (Å²) in [6.07, 6.45) is 3.90. The number of fused-ring (bicyclic) bond motifs is 1. The van der Waals surface area contributed by atoms with Crippen LogP contribution in [0.3, 0.4) is 0 Å². The second kappa shape index (κ2) is 13.6. The topological polar surface area (TPSA) is 134 Å². The van der Waals surface area contributed by atoms with E-state index in [0.717, 1.165) is 5.56 Å². The van der Waals surface area contributed by atoms with E-state index < -0.39 is 5.91 Å². The number of furan rings is 1. The minimum absolute atomic E-state index is 0.0648. The molecule has 2 heterocycles. The van der Waals surface area contributed by atoms with Gasteiger partial charge >= 0.3 is 0 Å². The molecule has 1 aliphatic rings. The Balaban J connectivity index is 1.67. The summed E-state index contributed by atoms with van der Waals surface area (Å²) in [5.74, 6) is -1.41. The number of benzene rings is 1. The molecule has 11 nitrogen and oxygen atoms in total. The number of hydrogen-bond donors (Lipinski definition) is 2. The van der Waals surface area contributed by atoms with Gasteiger partial charge in [-0.05, 0) is 63.3 Å². The standard InChI is InChI=1S/C31H39N5O6/c1-6-41-17-16-36(5)31(40)22-8-7-9-23-25(22)26(27(42-23)29(38)33-24-15-10-19(2)18-32-24)34-28(37)20-11-13-21(14-12-20)30(39)35(3)4/h7-10,15,18,20-21H,6,11-14,16-17H2,1-5H3,(H,34,37)(H,32,33,38)/t20-,21-. The first-order valence-corrected chi connectivity index (χ1v) is 14.2. The number of carbonyl (C=O) groups is 4. The van der Waals surface area contributed by atoms with Crippen molar-refractivity contribution in [3.8, 4) is 0 Å². The van der Waals surface area contributed by atoms with Gasteiger partial charge in [-0.2, -0.15) is 0 Å². The quantitative estimate of drug-likeness (QED) is 0.343. The molecule has 0 atom stereocenters. The molecule has 0 unspecified atom stereocenters. The predicted molar refractivity (Wildman–Crippen MR) is 159 cm³/mol. The Hall–Kier alpha value is -4.25. The molecular formula is C31H39N5O6. The van der Waals surface area contributed by atoms with E-state index in [4.69, 9.17) is 9.15 Å². The summed E-state index contributed by atoms with van der Waals surface area (Å²) in [5.41, 5.74) is 1.64. The van der Waals surface area contributed by atoms with Gasteiger partial charge in [-0.3, -0.25) is 19.2 Å². The molecule has 4 amide bonds. The zero-order valence-corrected chi connectivity index (χ0v) is 24.9. The van der Waals surface area contributed by atoms with Crippen molar-refractivity contribution in [2.75, 3.05) is 51.5 Å². The van der Waals surface area contributed by atoms with Gasteiger partial charge in [0.15, 0.2) is 0 Å². The zero-order valence-electron chi connectivity index (χ0n) is 24.9. The van der Waals surface area contributed by atoms with Gasteiger partial charge in [0.25, 0.3) is 11.8 Å². The van der Waals surface area contributed by atoms with Crippen molar-refractivity contribution < 1.29 is 28.3 Å². The fourth-order valence-electron chi connectivity index (χ4n) is 5.17. The summed E-state index contributed by atoms with van der Waals surface area (Å²) in [4.78, 5) is 60.3. The lowest BCUT2D eigenvalue weighted by Gasteiger charge is -2.28. The second-order valence-electron chi connectivity index (χ2n) is 10.9. The average molecular weight is 578 g/mol. The molecular weight excluding hydrogens is 538 g/mol. The number of ether oxygens (including phenoxy) is 1. The zero-order chi connectivity index (χ0) is 30.4. The molecule has 3 aromatic rings. The van der Waals surface area contributed by atoms with Gasteiger partial charge in [0.2, 0.25) is 17.6 Å². The number of hydrogen-bond acceptors (Lipinski definition) is 7. The minimum atomic E-state index is -0.610. The molecule has 0 saturated heterocycles. The predicted octanol–water partition coefficient (Wildman–Crippen LogP) is 4.33. The first kappa shape index (κ1) is 30.7. The van der Waals surface area contributed by atoms with Crippen molar-refractivity contribution in [1.82, 2.24) is 14.8 Å². The number of likely N-dealkylation sites (N-methyl/N-ethyl adjacent to an activating group) is 1. The normalized spacial score (nSPS) is 16.6. The maximum absolute atomic E-state index is 13.6. The molecule has 0 radical (unpaired) electrons. The third-order valence-electron chi connectivity index (χ3n) is 7.56. The summed E-state index contributed by atoms with van der Waals surface area (Å²) in [6.45, 7) is 5.05. The van der Waals surface area contributed by atoms with Gasteiger partial charge in [0, 0.05) is 52.3 Å². The molecule has 1 saturated carbocycles. The van der Waals surface area contributed by atoms with Crippen LogP contribution in [0.25, 0.3) is 11.0 Å². The second-order valence-corrected chi connectivity index (χ2v) is 10.9. The first-order chi connectivity index (χ1) is 20.1. The number of aryl methyl sites for hydroxylation is 1. The third kappa shape index (κ3) is 6.96. The lowest BCUT2D eigenvalue weighted by Crippen LogP contribution is -2.35. The average Bonchev–Trinajstić information content (AvgIpc) is 3.36. The Morgan fingerprint density at radius 1 is 1.00 bits per heavy atom. The first-order valence-electron chi connectivity index (χ1n) is 14.2. The van der Waals surface area contributed by atoms with Crippen LogP contribution in [0.4, 0.5) is 11.5 Å². The number of amides is 4. The molecule has 42 heavy (non-hydrogen) atoms. The van der Waals surface area contributed by atoms with Crippen LogP contribution in [0, 0.1) is 18.8 Å². The highest BCUT2D eigenvalue weighted by molar-refractivity contribution is 6.19. The molecule has 0 aliphatic heterocycles. The SMILES string of the molecule is CCOCCN(C)C(=O)c1cccc2oc(C(=O)Nc3ccc(C)cn3)c(NC(=O)[C@H]3CC[C@H](C(=O)N(C)C)CC3)c12. The Morgan fingerprint density at radius 3 is 2.36 bits per heavy atom. The van der Waals surface area contributed by atoms with Crippen molar-refractivity contribution >= 4 is 46.1 Å². The molecule has 0 bridgehead atoms. The highest BCUT2D eigenvalue weighted by Crippen LogP contribution is 2.37. The monoisotopic (exact) mass is 577 g/mol. The maximum Gasteiger partial charge on any atom is 0.294 e.